The Balaban J connectivity index is 1.76. The highest BCUT2D eigenvalue weighted by Gasteiger charge is 2.30. The second-order valence-corrected chi connectivity index (χ2v) is 5.35. The third-order valence-electron chi connectivity index (χ3n) is 3.61. The van der Waals surface area contributed by atoms with Crippen molar-refractivity contribution in [3.05, 3.63) is 24.3 Å². The van der Waals surface area contributed by atoms with E-state index in [4.69, 9.17) is 0 Å². The van der Waals surface area contributed by atoms with Crippen molar-refractivity contribution < 1.29 is 22.7 Å². The van der Waals surface area contributed by atoms with Gasteiger partial charge in [-0.2, -0.15) is 0 Å². The molecule has 0 saturated carbocycles. The van der Waals surface area contributed by atoms with Crippen LogP contribution in [0.5, 0.6) is 5.75 Å². The lowest BCUT2D eigenvalue weighted by atomic mass is 9.93. The standard InChI is InChI=1S/C15H19F3N2O2/c16-15(17,18)22-13-4-2-12(3-5-13)20-14(21)6-1-11-7-9-19-10-8-11/h2-5,11,19H,1,6-10H2,(H,20,21). The highest BCUT2D eigenvalue weighted by molar-refractivity contribution is 5.90. The Morgan fingerprint density at radius 3 is 2.45 bits per heavy atom. The van der Waals surface area contributed by atoms with Crippen LogP contribution < -0.4 is 15.4 Å². The van der Waals surface area contributed by atoms with Crippen molar-refractivity contribution in [1.29, 1.82) is 0 Å². The lowest BCUT2D eigenvalue weighted by Gasteiger charge is -2.22. The van der Waals surface area contributed by atoms with E-state index in [1.54, 1.807) is 0 Å². The lowest BCUT2D eigenvalue weighted by molar-refractivity contribution is -0.274. The number of nitrogens with one attached hydrogen (secondary N) is 2. The molecule has 1 amide bonds. The normalized spacial score (nSPS) is 16.3. The van der Waals surface area contributed by atoms with Gasteiger partial charge in [0.25, 0.3) is 0 Å². The van der Waals surface area contributed by atoms with Gasteiger partial charge in [-0.25, -0.2) is 0 Å². The van der Waals surface area contributed by atoms with Crippen molar-refractivity contribution in [2.24, 2.45) is 5.92 Å². The van der Waals surface area contributed by atoms with E-state index in [1.807, 2.05) is 0 Å². The Kier molecular flexibility index (Phi) is 5.65. The summed E-state index contributed by atoms with van der Waals surface area (Å²) in [4.78, 5) is 11.8. The maximum absolute atomic E-state index is 12.0. The molecule has 0 radical (unpaired) electrons. The zero-order chi connectivity index (χ0) is 16.0. The number of benzene rings is 1. The number of piperidine rings is 1. The highest BCUT2D eigenvalue weighted by Crippen LogP contribution is 2.24. The number of rotatable bonds is 5. The molecule has 0 atom stereocenters. The predicted octanol–water partition coefficient (Wildman–Crippen LogP) is 3.30. The SMILES string of the molecule is O=C(CCC1CCNCC1)Nc1ccc(OC(F)(F)F)cc1. The van der Waals surface area contributed by atoms with Crippen molar-refractivity contribution in [1.82, 2.24) is 5.32 Å². The zero-order valence-electron chi connectivity index (χ0n) is 12.1. The van der Waals surface area contributed by atoms with E-state index in [2.05, 4.69) is 15.4 Å². The summed E-state index contributed by atoms with van der Waals surface area (Å²) in [5.41, 5.74) is 0.463. The van der Waals surface area contributed by atoms with Crippen molar-refractivity contribution in [2.75, 3.05) is 18.4 Å². The Morgan fingerprint density at radius 2 is 1.86 bits per heavy atom. The minimum Gasteiger partial charge on any atom is -0.406 e. The van der Waals surface area contributed by atoms with Crippen molar-refractivity contribution >= 4 is 11.6 Å². The minimum atomic E-state index is -4.71. The van der Waals surface area contributed by atoms with Crippen LogP contribution >= 0.6 is 0 Å². The summed E-state index contributed by atoms with van der Waals surface area (Å²) in [6.45, 7) is 1.99. The first kappa shape index (κ1) is 16.6. The molecule has 0 spiro atoms. The minimum absolute atomic E-state index is 0.122. The highest BCUT2D eigenvalue weighted by atomic mass is 19.4. The predicted molar refractivity (Wildman–Crippen MR) is 76.6 cm³/mol. The smallest absolute Gasteiger partial charge is 0.406 e. The molecule has 0 aliphatic carbocycles. The van der Waals surface area contributed by atoms with Gasteiger partial charge in [0.05, 0.1) is 0 Å². The fourth-order valence-electron chi connectivity index (χ4n) is 2.47. The molecule has 122 valence electrons. The van der Waals surface area contributed by atoms with Gasteiger partial charge in [-0.3, -0.25) is 4.79 Å². The van der Waals surface area contributed by atoms with Crippen molar-refractivity contribution in [3.8, 4) is 5.75 Å². The molecule has 7 heteroatoms. The Labute approximate surface area is 127 Å². The molecule has 1 aliphatic heterocycles. The zero-order valence-corrected chi connectivity index (χ0v) is 12.1. The van der Waals surface area contributed by atoms with E-state index in [0.717, 1.165) is 32.4 Å². The molecule has 1 fully saturated rings. The van der Waals surface area contributed by atoms with Crippen molar-refractivity contribution in [2.45, 2.75) is 32.0 Å². The van der Waals surface area contributed by atoms with Crippen LogP contribution in [-0.4, -0.2) is 25.4 Å². The van der Waals surface area contributed by atoms with Crippen LogP contribution in [0.15, 0.2) is 24.3 Å². The maximum atomic E-state index is 12.0. The molecule has 1 saturated heterocycles. The van der Waals surface area contributed by atoms with E-state index in [0.29, 0.717) is 18.0 Å². The van der Waals surface area contributed by atoms with E-state index in [9.17, 15) is 18.0 Å². The van der Waals surface area contributed by atoms with Gasteiger partial charge in [-0.1, -0.05) is 0 Å². The summed E-state index contributed by atoms with van der Waals surface area (Å²) in [5, 5.41) is 5.95. The topological polar surface area (TPSA) is 50.4 Å². The van der Waals surface area contributed by atoms with Gasteiger partial charge in [0.2, 0.25) is 5.91 Å². The van der Waals surface area contributed by atoms with Crippen LogP contribution in [0, 0.1) is 5.92 Å². The van der Waals surface area contributed by atoms with E-state index >= 15 is 0 Å². The van der Waals surface area contributed by atoms with E-state index in [-0.39, 0.29) is 11.7 Å². The van der Waals surface area contributed by atoms with Crippen LogP contribution in [0.1, 0.15) is 25.7 Å². The third kappa shape index (κ3) is 5.93. The fourth-order valence-corrected chi connectivity index (χ4v) is 2.47. The number of carbonyl (C=O) groups excluding carboxylic acids is 1. The monoisotopic (exact) mass is 316 g/mol. The summed E-state index contributed by atoms with van der Waals surface area (Å²) in [5.74, 6) is 0.137. The maximum Gasteiger partial charge on any atom is 0.573 e. The third-order valence-corrected chi connectivity index (χ3v) is 3.61. The van der Waals surface area contributed by atoms with Crippen LogP contribution in [0.3, 0.4) is 0 Å². The second-order valence-electron chi connectivity index (χ2n) is 5.35. The number of amides is 1. The number of anilines is 1. The van der Waals surface area contributed by atoms with Crippen LogP contribution in [-0.2, 0) is 4.79 Å². The first-order chi connectivity index (χ1) is 10.4. The van der Waals surface area contributed by atoms with Gasteiger partial charge in [0.1, 0.15) is 5.75 Å². The van der Waals surface area contributed by atoms with Crippen LogP contribution in [0.25, 0.3) is 0 Å². The largest absolute Gasteiger partial charge is 0.573 e. The first-order valence-electron chi connectivity index (χ1n) is 7.29. The second kappa shape index (κ2) is 7.49. The number of hydrogen-bond donors (Lipinski definition) is 2. The number of hydrogen-bond acceptors (Lipinski definition) is 3. The summed E-state index contributed by atoms with van der Waals surface area (Å²) < 4.78 is 39.9. The van der Waals surface area contributed by atoms with Gasteiger partial charge < -0.3 is 15.4 Å². The summed E-state index contributed by atoms with van der Waals surface area (Å²) in [6.07, 6.45) is -1.29. The molecular weight excluding hydrogens is 297 g/mol. The number of ether oxygens (including phenoxy) is 1. The Hall–Kier alpha value is -1.76. The van der Waals surface area contributed by atoms with Crippen molar-refractivity contribution in [3.63, 3.8) is 0 Å². The molecule has 1 aliphatic rings. The quantitative estimate of drug-likeness (QED) is 0.876. The Bertz CT molecular complexity index is 483. The number of halogens is 3. The van der Waals surface area contributed by atoms with Gasteiger partial charge in [0.15, 0.2) is 0 Å². The van der Waals surface area contributed by atoms with Gasteiger partial charge in [-0.05, 0) is 62.5 Å². The molecule has 0 aromatic heterocycles. The summed E-state index contributed by atoms with van der Waals surface area (Å²) >= 11 is 0. The van der Waals surface area contributed by atoms with Gasteiger partial charge >= 0.3 is 6.36 Å². The Morgan fingerprint density at radius 1 is 1.23 bits per heavy atom. The lowest BCUT2D eigenvalue weighted by Crippen LogP contribution is -2.28. The van der Waals surface area contributed by atoms with E-state index in [1.165, 1.54) is 24.3 Å². The fraction of sp³-hybridized carbons (Fsp3) is 0.533. The van der Waals surface area contributed by atoms with Crippen LogP contribution in [0.4, 0.5) is 18.9 Å². The summed E-state index contributed by atoms with van der Waals surface area (Å²) in [7, 11) is 0. The molecule has 0 bridgehead atoms. The van der Waals surface area contributed by atoms with Gasteiger partial charge in [-0.15, -0.1) is 13.2 Å². The number of alkyl halides is 3. The molecular formula is C15H19F3N2O2. The molecule has 2 rings (SSSR count). The van der Waals surface area contributed by atoms with E-state index < -0.39 is 6.36 Å². The van der Waals surface area contributed by atoms with Crippen LogP contribution in [0.2, 0.25) is 0 Å². The molecule has 0 unspecified atom stereocenters. The molecule has 1 aromatic carbocycles. The summed E-state index contributed by atoms with van der Waals surface area (Å²) in [6, 6.07) is 5.14. The molecule has 1 aromatic rings. The number of carbonyl (C=O) groups is 1. The van der Waals surface area contributed by atoms with Gasteiger partial charge in [0, 0.05) is 12.1 Å². The average molecular weight is 316 g/mol. The molecule has 1 heterocycles. The molecule has 22 heavy (non-hydrogen) atoms. The first-order valence-corrected chi connectivity index (χ1v) is 7.29. The average Bonchev–Trinajstić information content (AvgIpc) is 2.47. The molecule has 4 nitrogen and oxygen atoms in total. The molecule has 2 N–H and O–H groups in total.